The molecule has 0 radical (unpaired) electrons. The van der Waals surface area contributed by atoms with Crippen LogP contribution in [0, 0.1) is 0 Å². The lowest BCUT2D eigenvalue weighted by Crippen LogP contribution is -2.31. The standard InChI is InChI=1S/C23H29NO/c1-3-5-16-24(17-6-4-2)23(19-12-8-7-9-13-19)22-18-20-14-10-11-15-21(20)25-22/h7-15,18,23H,3-6,16-17H2,1-2H3. The van der Waals surface area contributed by atoms with Gasteiger partial charge in [-0.15, -0.1) is 0 Å². The maximum Gasteiger partial charge on any atom is 0.134 e. The monoisotopic (exact) mass is 335 g/mol. The second kappa shape index (κ2) is 8.87. The van der Waals surface area contributed by atoms with Crippen LogP contribution >= 0.6 is 0 Å². The summed E-state index contributed by atoms with van der Waals surface area (Å²) in [5, 5.41) is 1.18. The highest BCUT2D eigenvalue weighted by Gasteiger charge is 2.25. The van der Waals surface area contributed by atoms with Crippen molar-refractivity contribution in [2.45, 2.75) is 45.6 Å². The molecule has 3 rings (SSSR count). The highest BCUT2D eigenvalue weighted by molar-refractivity contribution is 5.78. The van der Waals surface area contributed by atoms with Gasteiger partial charge in [0.25, 0.3) is 0 Å². The molecule has 2 nitrogen and oxygen atoms in total. The summed E-state index contributed by atoms with van der Waals surface area (Å²) >= 11 is 0. The average Bonchev–Trinajstić information content (AvgIpc) is 3.08. The molecule has 0 aliphatic rings. The Morgan fingerprint density at radius 3 is 2.12 bits per heavy atom. The minimum atomic E-state index is 0.187. The van der Waals surface area contributed by atoms with E-state index in [1.807, 2.05) is 6.07 Å². The van der Waals surface area contributed by atoms with Gasteiger partial charge in [0.1, 0.15) is 11.3 Å². The van der Waals surface area contributed by atoms with Crippen LogP contribution in [0.15, 0.2) is 65.1 Å². The zero-order valence-corrected chi connectivity index (χ0v) is 15.4. The van der Waals surface area contributed by atoms with E-state index in [9.17, 15) is 0 Å². The molecule has 0 saturated carbocycles. The molecule has 0 fully saturated rings. The minimum absolute atomic E-state index is 0.187. The van der Waals surface area contributed by atoms with Crippen molar-refractivity contribution >= 4 is 11.0 Å². The third kappa shape index (κ3) is 4.32. The molecule has 1 heterocycles. The Labute approximate surface area is 151 Å². The maximum atomic E-state index is 6.28. The van der Waals surface area contributed by atoms with Gasteiger partial charge in [0.2, 0.25) is 0 Å². The first kappa shape index (κ1) is 17.8. The van der Waals surface area contributed by atoms with E-state index in [4.69, 9.17) is 4.42 Å². The summed E-state index contributed by atoms with van der Waals surface area (Å²) in [7, 11) is 0. The highest BCUT2D eigenvalue weighted by atomic mass is 16.3. The molecule has 1 atom stereocenters. The number of unbranched alkanes of at least 4 members (excludes halogenated alkanes) is 2. The van der Waals surface area contributed by atoms with Crippen molar-refractivity contribution in [1.82, 2.24) is 4.90 Å². The van der Waals surface area contributed by atoms with E-state index < -0.39 is 0 Å². The molecule has 132 valence electrons. The Morgan fingerprint density at radius 1 is 0.840 bits per heavy atom. The number of para-hydroxylation sites is 1. The molecule has 0 spiro atoms. The van der Waals surface area contributed by atoms with Gasteiger partial charge in [-0.1, -0.05) is 75.2 Å². The highest BCUT2D eigenvalue weighted by Crippen LogP contribution is 2.33. The molecule has 0 aliphatic heterocycles. The predicted octanol–water partition coefficient (Wildman–Crippen LogP) is 6.42. The maximum absolute atomic E-state index is 6.28. The van der Waals surface area contributed by atoms with Gasteiger partial charge in [-0.3, -0.25) is 4.90 Å². The first-order chi connectivity index (χ1) is 12.3. The molecule has 0 bridgehead atoms. The second-order valence-electron chi connectivity index (χ2n) is 6.74. The summed E-state index contributed by atoms with van der Waals surface area (Å²) in [4.78, 5) is 2.60. The number of hydrogen-bond donors (Lipinski definition) is 0. The predicted molar refractivity (Wildman–Crippen MR) is 106 cm³/mol. The quantitative estimate of drug-likeness (QED) is 0.448. The first-order valence-electron chi connectivity index (χ1n) is 9.61. The van der Waals surface area contributed by atoms with Gasteiger partial charge >= 0.3 is 0 Å². The molecule has 1 unspecified atom stereocenters. The van der Waals surface area contributed by atoms with E-state index >= 15 is 0 Å². The number of nitrogens with zero attached hydrogens (tertiary/aromatic N) is 1. The summed E-state index contributed by atoms with van der Waals surface area (Å²) in [6, 6.07) is 21.5. The van der Waals surface area contributed by atoms with Gasteiger partial charge in [0.05, 0.1) is 6.04 Å². The molecule has 0 aliphatic carbocycles. The van der Waals surface area contributed by atoms with Crippen molar-refractivity contribution in [1.29, 1.82) is 0 Å². The molecular weight excluding hydrogens is 306 g/mol. The van der Waals surface area contributed by atoms with Crippen LogP contribution in [0.5, 0.6) is 0 Å². The van der Waals surface area contributed by atoms with E-state index in [2.05, 4.69) is 73.3 Å². The van der Waals surface area contributed by atoms with Crippen LogP contribution in [0.25, 0.3) is 11.0 Å². The largest absolute Gasteiger partial charge is 0.459 e. The molecule has 0 saturated heterocycles. The first-order valence-corrected chi connectivity index (χ1v) is 9.61. The van der Waals surface area contributed by atoms with E-state index in [-0.39, 0.29) is 6.04 Å². The van der Waals surface area contributed by atoms with Crippen LogP contribution in [-0.2, 0) is 0 Å². The fourth-order valence-electron chi connectivity index (χ4n) is 3.42. The van der Waals surface area contributed by atoms with Gasteiger partial charge in [0.15, 0.2) is 0 Å². The van der Waals surface area contributed by atoms with Crippen LogP contribution < -0.4 is 0 Å². The van der Waals surface area contributed by atoms with Crippen LogP contribution in [0.2, 0.25) is 0 Å². The zero-order valence-electron chi connectivity index (χ0n) is 15.4. The Kier molecular flexibility index (Phi) is 6.30. The molecule has 1 aromatic heterocycles. The molecule has 2 aromatic carbocycles. The third-order valence-corrected chi connectivity index (χ3v) is 4.79. The molecule has 25 heavy (non-hydrogen) atoms. The number of rotatable bonds is 9. The molecular formula is C23H29NO. The van der Waals surface area contributed by atoms with Crippen LogP contribution in [0.1, 0.15) is 56.9 Å². The number of benzene rings is 2. The molecule has 0 N–H and O–H groups in total. The van der Waals surface area contributed by atoms with E-state index in [1.165, 1.54) is 36.6 Å². The fraction of sp³-hybridized carbons (Fsp3) is 0.391. The molecule has 2 heteroatoms. The summed E-state index contributed by atoms with van der Waals surface area (Å²) in [6.07, 6.45) is 4.86. The summed E-state index contributed by atoms with van der Waals surface area (Å²) < 4.78 is 6.28. The van der Waals surface area contributed by atoms with Gasteiger partial charge in [-0.2, -0.15) is 0 Å². The Balaban J connectivity index is 2.01. The fourth-order valence-corrected chi connectivity index (χ4v) is 3.42. The normalized spacial score (nSPS) is 12.8. The summed E-state index contributed by atoms with van der Waals surface area (Å²) in [5.74, 6) is 1.06. The minimum Gasteiger partial charge on any atom is -0.459 e. The van der Waals surface area contributed by atoms with Gasteiger partial charge in [-0.05, 0) is 43.6 Å². The number of furan rings is 1. The summed E-state index contributed by atoms with van der Waals surface area (Å²) in [5.41, 5.74) is 2.29. The topological polar surface area (TPSA) is 16.4 Å². The van der Waals surface area contributed by atoms with Crippen LogP contribution in [0.3, 0.4) is 0 Å². The molecule has 3 aromatic rings. The number of hydrogen-bond acceptors (Lipinski definition) is 2. The number of fused-ring (bicyclic) bond motifs is 1. The lowest BCUT2D eigenvalue weighted by atomic mass is 10.0. The van der Waals surface area contributed by atoms with Crippen molar-refractivity contribution in [2.75, 3.05) is 13.1 Å². The van der Waals surface area contributed by atoms with Crippen LogP contribution in [0.4, 0.5) is 0 Å². The Morgan fingerprint density at radius 2 is 1.48 bits per heavy atom. The third-order valence-electron chi connectivity index (χ3n) is 4.79. The van der Waals surface area contributed by atoms with Crippen molar-refractivity contribution < 1.29 is 4.42 Å². The zero-order chi connectivity index (χ0) is 17.5. The molecule has 0 amide bonds. The van der Waals surface area contributed by atoms with E-state index in [1.54, 1.807) is 0 Å². The lowest BCUT2D eigenvalue weighted by molar-refractivity contribution is 0.199. The smallest absolute Gasteiger partial charge is 0.134 e. The Hall–Kier alpha value is -2.06. The van der Waals surface area contributed by atoms with Crippen molar-refractivity contribution in [3.05, 3.63) is 72.0 Å². The van der Waals surface area contributed by atoms with Crippen molar-refractivity contribution in [3.8, 4) is 0 Å². The van der Waals surface area contributed by atoms with E-state index in [0.29, 0.717) is 0 Å². The summed E-state index contributed by atoms with van der Waals surface area (Å²) in [6.45, 7) is 6.73. The van der Waals surface area contributed by atoms with E-state index in [0.717, 1.165) is 24.4 Å². The van der Waals surface area contributed by atoms with Gasteiger partial charge in [-0.25, -0.2) is 0 Å². The Bertz CT molecular complexity index is 721. The van der Waals surface area contributed by atoms with Crippen molar-refractivity contribution in [3.63, 3.8) is 0 Å². The average molecular weight is 335 g/mol. The van der Waals surface area contributed by atoms with Gasteiger partial charge < -0.3 is 4.42 Å². The second-order valence-corrected chi connectivity index (χ2v) is 6.74. The lowest BCUT2D eigenvalue weighted by Gasteiger charge is -2.31. The van der Waals surface area contributed by atoms with Gasteiger partial charge in [0, 0.05) is 5.39 Å². The van der Waals surface area contributed by atoms with Crippen molar-refractivity contribution in [2.24, 2.45) is 0 Å². The van der Waals surface area contributed by atoms with Crippen LogP contribution in [-0.4, -0.2) is 18.0 Å². The SMILES string of the molecule is CCCCN(CCCC)C(c1ccccc1)c1cc2ccccc2o1.